The Hall–Kier alpha value is -2.70. The molecule has 1 saturated heterocycles. The summed E-state index contributed by atoms with van der Waals surface area (Å²) in [5.41, 5.74) is 1.09. The van der Waals surface area contributed by atoms with Crippen molar-refractivity contribution in [3.63, 3.8) is 0 Å². The van der Waals surface area contributed by atoms with Crippen LogP contribution in [0.15, 0.2) is 34.9 Å². The van der Waals surface area contributed by atoms with Crippen molar-refractivity contribution in [2.75, 3.05) is 13.1 Å². The van der Waals surface area contributed by atoms with E-state index in [2.05, 4.69) is 15.5 Å². The Morgan fingerprint density at radius 2 is 2.12 bits per heavy atom. The summed E-state index contributed by atoms with van der Waals surface area (Å²) in [7, 11) is 0. The molecule has 1 atom stereocenters. The van der Waals surface area contributed by atoms with E-state index in [4.69, 9.17) is 4.52 Å². The van der Waals surface area contributed by atoms with Gasteiger partial charge in [0.25, 0.3) is 0 Å². The molecule has 1 aromatic carbocycles. The van der Waals surface area contributed by atoms with E-state index >= 15 is 0 Å². The van der Waals surface area contributed by atoms with E-state index in [1.165, 1.54) is 0 Å². The van der Waals surface area contributed by atoms with Crippen molar-refractivity contribution in [2.24, 2.45) is 5.92 Å². The van der Waals surface area contributed by atoms with Crippen LogP contribution in [0.4, 0.5) is 0 Å². The van der Waals surface area contributed by atoms with Crippen LogP contribution in [0, 0.1) is 5.92 Å². The van der Waals surface area contributed by atoms with E-state index in [1.54, 1.807) is 4.90 Å². The summed E-state index contributed by atoms with van der Waals surface area (Å²) >= 11 is 0. The zero-order valence-corrected chi connectivity index (χ0v) is 15.0. The summed E-state index contributed by atoms with van der Waals surface area (Å²) < 4.78 is 5.24. The number of rotatable bonds is 6. The third kappa shape index (κ3) is 4.68. The highest BCUT2D eigenvalue weighted by Crippen LogP contribution is 2.17. The number of nitrogens with one attached hydrogen (secondary N) is 1. The lowest BCUT2D eigenvalue weighted by atomic mass is 9.97. The van der Waals surface area contributed by atoms with Crippen molar-refractivity contribution in [3.8, 4) is 0 Å². The second-order valence-corrected chi connectivity index (χ2v) is 6.52. The Bertz CT molecular complexity index is 744. The number of benzene rings is 1. The zero-order valence-electron chi connectivity index (χ0n) is 15.0. The number of carbonyl (C=O) groups excluding carboxylic acids is 2. The van der Waals surface area contributed by atoms with Crippen molar-refractivity contribution in [1.82, 2.24) is 20.4 Å². The number of piperidine rings is 1. The molecular weight excluding hydrogens is 332 g/mol. The van der Waals surface area contributed by atoms with Crippen LogP contribution in [0.5, 0.6) is 0 Å². The van der Waals surface area contributed by atoms with Crippen molar-refractivity contribution in [1.29, 1.82) is 0 Å². The molecule has 3 rings (SSSR count). The second kappa shape index (κ2) is 8.60. The van der Waals surface area contributed by atoms with E-state index in [-0.39, 0.29) is 24.3 Å². The third-order valence-corrected chi connectivity index (χ3v) is 4.58. The summed E-state index contributed by atoms with van der Waals surface area (Å²) in [6, 6.07) is 9.88. The van der Waals surface area contributed by atoms with Gasteiger partial charge in [0.1, 0.15) is 0 Å². The van der Waals surface area contributed by atoms with Crippen LogP contribution in [-0.2, 0) is 22.6 Å². The predicted octanol–water partition coefficient (Wildman–Crippen LogP) is 1.93. The molecule has 26 heavy (non-hydrogen) atoms. The van der Waals surface area contributed by atoms with Crippen molar-refractivity contribution >= 4 is 11.8 Å². The largest absolute Gasteiger partial charge is 0.348 e. The molecule has 1 aromatic heterocycles. The molecule has 2 aromatic rings. The highest BCUT2D eigenvalue weighted by atomic mass is 16.5. The SMILES string of the molecule is CCC(=O)N1CCCC(C(=O)NCc2noc(Cc3ccccc3)n2)C1. The van der Waals surface area contributed by atoms with E-state index in [9.17, 15) is 9.59 Å². The lowest BCUT2D eigenvalue weighted by Crippen LogP contribution is -2.45. The maximum absolute atomic E-state index is 12.4. The first-order chi connectivity index (χ1) is 12.7. The maximum Gasteiger partial charge on any atom is 0.231 e. The number of carbonyl (C=O) groups is 2. The molecule has 1 fully saturated rings. The summed E-state index contributed by atoms with van der Waals surface area (Å²) in [4.78, 5) is 30.3. The summed E-state index contributed by atoms with van der Waals surface area (Å²) in [5, 5.41) is 6.78. The Kier molecular flexibility index (Phi) is 5.99. The standard InChI is InChI=1S/C19H24N4O3/c1-2-18(24)23-10-6-9-15(13-23)19(25)20-12-16-21-17(26-22-16)11-14-7-4-3-5-8-14/h3-5,7-8,15H,2,6,9-13H2,1H3,(H,20,25). The van der Waals surface area contributed by atoms with Crippen LogP contribution in [0.2, 0.25) is 0 Å². The first kappa shape index (κ1) is 18.1. The molecule has 0 aliphatic carbocycles. The lowest BCUT2D eigenvalue weighted by Gasteiger charge is -2.31. The molecule has 2 heterocycles. The molecule has 1 unspecified atom stereocenters. The van der Waals surface area contributed by atoms with Gasteiger partial charge in [0.15, 0.2) is 5.82 Å². The monoisotopic (exact) mass is 356 g/mol. The summed E-state index contributed by atoms with van der Waals surface area (Å²) in [6.45, 7) is 3.30. The number of amides is 2. The van der Waals surface area contributed by atoms with Gasteiger partial charge in [-0.2, -0.15) is 4.98 Å². The minimum absolute atomic E-state index is 0.0620. The van der Waals surface area contributed by atoms with Crippen molar-refractivity contribution < 1.29 is 14.1 Å². The Balaban J connectivity index is 1.49. The van der Waals surface area contributed by atoms with Gasteiger partial charge < -0.3 is 14.7 Å². The van der Waals surface area contributed by atoms with Gasteiger partial charge in [-0.1, -0.05) is 42.4 Å². The average Bonchev–Trinajstić information content (AvgIpc) is 3.13. The summed E-state index contributed by atoms with van der Waals surface area (Å²) in [5.74, 6) is 0.855. The number of likely N-dealkylation sites (tertiary alicyclic amines) is 1. The van der Waals surface area contributed by atoms with Gasteiger partial charge >= 0.3 is 0 Å². The highest BCUT2D eigenvalue weighted by Gasteiger charge is 2.27. The molecule has 7 nitrogen and oxygen atoms in total. The Morgan fingerprint density at radius 1 is 1.31 bits per heavy atom. The van der Waals surface area contributed by atoms with Crippen LogP contribution in [-0.4, -0.2) is 39.9 Å². The molecule has 0 saturated carbocycles. The van der Waals surface area contributed by atoms with E-state index in [0.717, 1.165) is 24.9 Å². The number of hydrogen-bond donors (Lipinski definition) is 1. The molecule has 0 bridgehead atoms. The fraction of sp³-hybridized carbons (Fsp3) is 0.474. The normalized spacial score (nSPS) is 17.1. The van der Waals surface area contributed by atoms with E-state index < -0.39 is 0 Å². The summed E-state index contributed by atoms with van der Waals surface area (Å²) in [6.07, 6.45) is 2.69. The van der Waals surface area contributed by atoms with Gasteiger partial charge in [0.05, 0.1) is 18.9 Å². The van der Waals surface area contributed by atoms with Gasteiger partial charge in [-0.3, -0.25) is 9.59 Å². The molecule has 1 aliphatic rings. The first-order valence-electron chi connectivity index (χ1n) is 9.06. The molecule has 1 N–H and O–H groups in total. The number of aromatic nitrogens is 2. The van der Waals surface area contributed by atoms with Crippen LogP contribution in [0.1, 0.15) is 43.5 Å². The molecule has 138 valence electrons. The van der Waals surface area contributed by atoms with Gasteiger partial charge in [-0.25, -0.2) is 0 Å². The van der Waals surface area contributed by atoms with Crippen LogP contribution >= 0.6 is 0 Å². The van der Waals surface area contributed by atoms with Crippen molar-refractivity contribution in [3.05, 3.63) is 47.6 Å². The van der Waals surface area contributed by atoms with Crippen LogP contribution in [0.3, 0.4) is 0 Å². The first-order valence-corrected chi connectivity index (χ1v) is 9.06. The Labute approximate surface area is 152 Å². The average molecular weight is 356 g/mol. The lowest BCUT2D eigenvalue weighted by molar-refractivity contribution is -0.135. The van der Waals surface area contributed by atoms with Crippen LogP contribution in [0.25, 0.3) is 0 Å². The second-order valence-electron chi connectivity index (χ2n) is 6.52. The molecular formula is C19H24N4O3. The van der Waals surface area contributed by atoms with Gasteiger partial charge in [0.2, 0.25) is 17.7 Å². The Morgan fingerprint density at radius 3 is 2.88 bits per heavy atom. The maximum atomic E-state index is 12.4. The minimum atomic E-state index is -0.171. The fourth-order valence-electron chi connectivity index (χ4n) is 3.16. The fourth-order valence-corrected chi connectivity index (χ4v) is 3.16. The quantitative estimate of drug-likeness (QED) is 0.854. The smallest absolute Gasteiger partial charge is 0.231 e. The molecule has 2 amide bonds. The van der Waals surface area contributed by atoms with Gasteiger partial charge in [-0.05, 0) is 18.4 Å². The minimum Gasteiger partial charge on any atom is -0.348 e. The molecule has 1 aliphatic heterocycles. The van der Waals surface area contributed by atoms with Gasteiger partial charge in [-0.15, -0.1) is 0 Å². The molecule has 0 spiro atoms. The van der Waals surface area contributed by atoms with Crippen molar-refractivity contribution in [2.45, 2.75) is 39.2 Å². The van der Waals surface area contributed by atoms with E-state index in [0.29, 0.717) is 31.1 Å². The van der Waals surface area contributed by atoms with Gasteiger partial charge in [0, 0.05) is 19.5 Å². The zero-order chi connectivity index (χ0) is 18.4. The topological polar surface area (TPSA) is 88.3 Å². The van der Waals surface area contributed by atoms with E-state index in [1.807, 2.05) is 37.3 Å². The number of hydrogen-bond acceptors (Lipinski definition) is 5. The third-order valence-electron chi connectivity index (χ3n) is 4.58. The molecule has 7 heteroatoms. The van der Waals surface area contributed by atoms with Crippen LogP contribution < -0.4 is 5.32 Å². The highest BCUT2D eigenvalue weighted by molar-refractivity contribution is 5.81. The molecule has 0 radical (unpaired) electrons. The number of nitrogens with zero attached hydrogens (tertiary/aromatic N) is 3. The predicted molar refractivity (Wildman–Crippen MR) is 95.0 cm³/mol.